The zero-order valence-electron chi connectivity index (χ0n) is 17.6. The third-order valence-corrected chi connectivity index (χ3v) is 6.10. The molecule has 3 aromatic rings. The third kappa shape index (κ3) is 6.36. The summed E-state index contributed by atoms with van der Waals surface area (Å²) < 4.78 is 0. The van der Waals surface area contributed by atoms with Crippen LogP contribution in [0.15, 0.2) is 66.9 Å². The van der Waals surface area contributed by atoms with Crippen molar-refractivity contribution in [3.05, 3.63) is 76.9 Å². The Balaban J connectivity index is 1.16. The Bertz CT molecular complexity index is 952. The third-order valence-electron chi connectivity index (χ3n) is 5.66. The summed E-state index contributed by atoms with van der Waals surface area (Å²) >= 11 is 12.3. The fourth-order valence-corrected chi connectivity index (χ4v) is 4.48. The molecule has 0 unspecified atom stereocenters. The first-order chi connectivity index (χ1) is 15.2. The van der Waals surface area contributed by atoms with Crippen molar-refractivity contribution in [2.45, 2.75) is 12.8 Å². The number of hydrogen-bond donors (Lipinski definition) is 1. The number of hydrogen-bond acceptors (Lipinski definition) is 4. The summed E-state index contributed by atoms with van der Waals surface area (Å²) in [5.41, 5.74) is 3.52. The predicted molar refractivity (Wildman–Crippen MR) is 133 cm³/mol. The highest BCUT2D eigenvalue weighted by atomic mass is 35.5. The SMILES string of the molecule is Clc1cc(Cl)cc(N2CCN(CCCCNc3cc(-c4ccccc4)ccn3)CC2)c1. The Morgan fingerprint density at radius 3 is 2.29 bits per heavy atom. The van der Waals surface area contributed by atoms with Crippen LogP contribution in [0.1, 0.15) is 12.8 Å². The molecule has 1 fully saturated rings. The molecule has 162 valence electrons. The number of aromatic nitrogens is 1. The van der Waals surface area contributed by atoms with Crippen molar-refractivity contribution in [3.63, 3.8) is 0 Å². The Labute approximate surface area is 194 Å². The fraction of sp³-hybridized carbons (Fsp3) is 0.320. The van der Waals surface area contributed by atoms with E-state index >= 15 is 0 Å². The van der Waals surface area contributed by atoms with Crippen LogP contribution in [0.2, 0.25) is 10.0 Å². The number of nitrogens with zero attached hydrogens (tertiary/aromatic N) is 3. The lowest BCUT2D eigenvalue weighted by Gasteiger charge is -2.36. The maximum atomic E-state index is 6.15. The van der Waals surface area contributed by atoms with Gasteiger partial charge in [-0.2, -0.15) is 0 Å². The highest BCUT2D eigenvalue weighted by molar-refractivity contribution is 6.35. The maximum Gasteiger partial charge on any atom is 0.126 e. The van der Waals surface area contributed by atoms with E-state index in [4.69, 9.17) is 23.2 Å². The van der Waals surface area contributed by atoms with Crippen LogP contribution in [-0.2, 0) is 0 Å². The Hall–Kier alpha value is -2.27. The van der Waals surface area contributed by atoms with Gasteiger partial charge >= 0.3 is 0 Å². The van der Waals surface area contributed by atoms with Gasteiger partial charge in [0.15, 0.2) is 0 Å². The van der Waals surface area contributed by atoms with Crippen molar-refractivity contribution >= 4 is 34.7 Å². The highest BCUT2D eigenvalue weighted by Crippen LogP contribution is 2.26. The molecule has 0 aliphatic carbocycles. The van der Waals surface area contributed by atoms with Gasteiger partial charge < -0.3 is 10.2 Å². The van der Waals surface area contributed by atoms with Crippen molar-refractivity contribution in [2.24, 2.45) is 0 Å². The largest absolute Gasteiger partial charge is 0.370 e. The molecule has 0 atom stereocenters. The normalized spacial score (nSPS) is 14.6. The van der Waals surface area contributed by atoms with E-state index in [9.17, 15) is 0 Å². The Morgan fingerprint density at radius 2 is 1.55 bits per heavy atom. The lowest BCUT2D eigenvalue weighted by atomic mass is 10.1. The van der Waals surface area contributed by atoms with Gasteiger partial charge in [0.05, 0.1) is 0 Å². The fourth-order valence-electron chi connectivity index (χ4n) is 3.97. The average molecular weight is 455 g/mol. The molecule has 0 amide bonds. The molecule has 0 saturated carbocycles. The molecule has 4 nitrogen and oxygen atoms in total. The first kappa shape index (κ1) is 21.9. The number of piperazine rings is 1. The first-order valence-corrected chi connectivity index (χ1v) is 11.6. The smallest absolute Gasteiger partial charge is 0.126 e. The number of unbranched alkanes of at least 4 members (excludes halogenated alkanes) is 1. The number of halogens is 2. The predicted octanol–water partition coefficient (Wildman–Crippen LogP) is 6.07. The molecule has 6 heteroatoms. The van der Waals surface area contributed by atoms with Crippen LogP contribution in [0.3, 0.4) is 0 Å². The van der Waals surface area contributed by atoms with Crippen molar-refractivity contribution in [1.29, 1.82) is 0 Å². The van der Waals surface area contributed by atoms with Gasteiger partial charge in [-0.3, -0.25) is 4.90 Å². The van der Waals surface area contributed by atoms with Gasteiger partial charge in [0.25, 0.3) is 0 Å². The van der Waals surface area contributed by atoms with Gasteiger partial charge in [-0.15, -0.1) is 0 Å². The topological polar surface area (TPSA) is 31.4 Å². The van der Waals surface area contributed by atoms with Crippen LogP contribution < -0.4 is 10.2 Å². The minimum atomic E-state index is 0.696. The van der Waals surface area contributed by atoms with E-state index < -0.39 is 0 Å². The van der Waals surface area contributed by atoms with Crippen molar-refractivity contribution in [3.8, 4) is 11.1 Å². The number of rotatable bonds is 8. The zero-order valence-corrected chi connectivity index (χ0v) is 19.1. The molecule has 2 heterocycles. The first-order valence-electron chi connectivity index (χ1n) is 10.9. The van der Waals surface area contributed by atoms with Crippen LogP contribution >= 0.6 is 23.2 Å². The number of benzene rings is 2. The lowest BCUT2D eigenvalue weighted by molar-refractivity contribution is 0.254. The number of nitrogens with one attached hydrogen (secondary N) is 1. The van der Waals surface area contributed by atoms with Crippen molar-refractivity contribution in [1.82, 2.24) is 9.88 Å². The van der Waals surface area contributed by atoms with E-state index in [1.165, 1.54) is 17.5 Å². The molecule has 31 heavy (non-hydrogen) atoms. The minimum absolute atomic E-state index is 0.696. The molecule has 4 rings (SSSR count). The summed E-state index contributed by atoms with van der Waals surface area (Å²) in [5.74, 6) is 0.940. The van der Waals surface area contributed by atoms with E-state index in [1.807, 2.05) is 24.4 Å². The highest BCUT2D eigenvalue weighted by Gasteiger charge is 2.17. The second kappa shape index (κ2) is 10.9. The Morgan fingerprint density at radius 1 is 0.806 bits per heavy atom. The second-order valence-electron chi connectivity index (χ2n) is 7.89. The minimum Gasteiger partial charge on any atom is -0.370 e. The van der Waals surface area contributed by atoms with E-state index in [0.29, 0.717) is 10.0 Å². The van der Waals surface area contributed by atoms with Gasteiger partial charge in [0, 0.05) is 54.7 Å². The van der Waals surface area contributed by atoms with Crippen LogP contribution in [0.5, 0.6) is 0 Å². The number of anilines is 2. The van der Waals surface area contributed by atoms with Gasteiger partial charge in [-0.05, 0) is 60.8 Å². The lowest BCUT2D eigenvalue weighted by Crippen LogP contribution is -2.46. The quantitative estimate of drug-likeness (QED) is 0.418. The molecule has 0 bridgehead atoms. The maximum absolute atomic E-state index is 6.15. The monoisotopic (exact) mass is 454 g/mol. The van der Waals surface area contributed by atoms with Gasteiger partial charge in [0.2, 0.25) is 0 Å². The van der Waals surface area contributed by atoms with E-state index in [2.05, 4.69) is 56.5 Å². The average Bonchev–Trinajstić information content (AvgIpc) is 2.79. The van der Waals surface area contributed by atoms with Gasteiger partial charge in [0.1, 0.15) is 5.82 Å². The van der Waals surface area contributed by atoms with Crippen LogP contribution in [-0.4, -0.2) is 49.2 Å². The molecule has 1 aliphatic rings. The van der Waals surface area contributed by atoms with E-state index in [-0.39, 0.29) is 0 Å². The molecule has 2 aromatic carbocycles. The van der Waals surface area contributed by atoms with Gasteiger partial charge in [-0.1, -0.05) is 53.5 Å². The van der Waals surface area contributed by atoms with Crippen LogP contribution in [0.25, 0.3) is 11.1 Å². The standard InChI is InChI=1S/C25H28Cl2N4/c26-22-17-23(27)19-24(18-22)31-14-12-30(13-15-31)11-5-4-9-28-25-16-21(8-10-29-25)20-6-2-1-3-7-20/h1-3,6-8,10,16-19H,4-5,9,11-15H2,(H,28,29). The molecular weight excluding hydrogens is 427 g/mol. The molecule has 1 N–H and O–H groups in total. The van der Waals surface area contributed by atoms with Gasteiger partial charge in [-0.25, -0.2) is 4.98 Å². The summed E-state index contributed by atoms with van der Waals surface area (Å²) in [6, 6.07) is 20.4. The zero-order chi connectivity index (χ0) is 21.5. The molecule has 1 saturated heterocycles. The second-order valence-corrected chi connectivity index (χ2v) is 8.76. The van der Waals surface area contributed by atoms with Crippen molar-refractivity contribution in [2.75, 3.05) is 49.5 Å². The summed E-state index contributed by atoms with van der Waals surface area (Å²) in [4.78, 5) is 9.36. The summed E-state index contributed by atoms with van der Waals surface area (Å²) in [5, 5.41) is 4.86. The molecule has 1 aliphatic heterocycles. The van der Waals surface area contributed by atoms with Crippen molar-refractivity contribution < 1.29 is 0 Å². The number of pyridine rings is 1. The summed E-state index contributed by atoms with van der Waals surface area (Å²) in [6.07, 6.45) is 4.17. The molecular formula is C25H28Cl2N4. The summed E-state index contributed by atoms with van der Waals surface area (Å²) in [6.45, 7) is 6.21. The molecule has 1 aromatic heterocycles. The van der Waals surface area contributed by atoms with Crippen LogP contribution in [0, 0.1) is 0 Å². The Kier molecular flexibility index (Phi) is 7.68. The van der Waals surface area contributed by atoms with Crippen LogP contribution in [0.4, 0.5) is 11.5 Å². The summed E-state index contributed by atoms with van der Waals surface area (Å²) in [7, 11) is 0. The van der Waals surface area contributed by atoms with E-state index in [1.54, 1.807) is 6.07 Å². The van der Waals surface area contributed by atoms with E-state index in [0.717, 1.165) is 57.2 Å². The molecule has 0 radical (unpaired) electrons. The molecule has 0 spiro atoms.